The fourth-order valence-electron chi connectivity index (χ4n) is 6.37. The van der Waals surface area contributed by atoms with Gasteiger partial charge in [-0.1, -0.05) is 6.92 Å². The minimum absolute atomic E-state index is 0.0210. The van der Waals surface area contributed by atoms with E-state index in [1.54, 1.807) is 27.0 Å². The molecule has 3 aliphatic rings. The first-order valence-electron chi connectivity index (χ1n) is 12.8. The molecule has 6 rings (SSSR count). The number of benzene rings is 1. The number of aliphatic hydroxyl groups is 2. The molecule has 1 unspecified atom stereocenters. The highest BCUT2D eigenvalue weighted by Gasteiger charge is 2.46. The van der Waals surface area contributed by atoms with Gasteiger partial charge < -0.3 is 24.4 Å². The third-order valence-corrected chi connectivity index (χ3v) is 8.52. The van der Waals surface area contributed by atoms with Crippen molar-refractivity contribution in [2.75, 3.05) is 7.05 Å². The molecule has 0 bridgehead atoms. The average Bonchev–Trinajstić information content (AvgIpc) is 3.27. The zero-order valence-corrected chi connectivity index (χ0v) is 21.6. The van der Waals surface area contributed by atoms with Crippen LogP contribution < -0.4 is 5.56 Å². The van der Waals surface area contributed by atoms with Crippen LogP contribution >= 0.6 is 0 Å². The molecular weight excluding hydrogens is 493 g/mol. The van der Waals surface area contributed by atoms with Gasteiger partial charge in [0.2, 0.25) is 0 Å². The predicted molar refractivity (Wildman–Crippen MR) is 135 cm³/mol. The van der Waals surface area contributed by atoms with Crippen molar-refractivity contribution in [3.63, 3.8) is 0 Å². The summed E-state index contributed by atoms with van der Waals surface area (Å²) in [5.74, 6) is -1.64. The van der Waals surface area contributed by atoms with Gasteiger partial charge in [0.15, 0.2) is 5.60 Å². The zero-order valence-electron chi connectivity index (χ0n) is 21.6. The maximum Gasteiger partial charge on any atom is 0.343 e. The highest BCUT2D eigenvalue weighted by molar-refractivity contribution is 5.94. The second-order valence-corrected chi connectivity index (χ2v) is 10.5. The molecule has 3 atom stereocenters. The maximum absolute atomic E-state index is 15.0. The Morgan fingerprint density at radius 3 is 2.74 bits per heavy atom. The number of hydrogen-bond donors (Lipinski definition) is 2. The van der Waals surface area contributed by atoms with E-state index in [-0.39, 0.29) is 36.5 Å². The van der Waals surface area contributed by atoms with Crippen LogP contribution in [0.4, 0.5) is 4.39 Å². The van der Waals surface area contributed by atoms with Crippen LogP contribution in [-0.2, 0) is 39.5 Å². The standard InChI is InChI=1S/C28H28FN3O6/c1-5-28(37)17-8-21-24-15(10-32(21)26(35)16(17)11-38-27(28)36)23-20(31(4)25(34)13(3)33)7-6-14-12(2)18(29)9-19(30-24)22(14)23/h8-9,13,20,33,37H,5-7,10-11H2,1-4H3/t13?,20-,28+/m1/s1. The Balaban J connectivity index is 1.67. The van der Waals surface area contributed by atoms with Crippen molar-refractivity contribution >= 4 is 22.8 Å². The molecule has 9 nitrogen and oxygen atoms in total. The lowest BCUT2D eigenvalue weighted by Gasteiger charge is -2.35. The van der Waals surface area contributed by atoms with E-state index in [0.717, 1.165) is 22.1 Å². The molecule has 3 aromatic rings. The predicted octanol–water partition coefficient (Wildman–Crippen LogP) is 2.35. The Morgan fingerprint density at radius 2 is 2.05 bits per heavy atom. The molecule has 38 heavy (non-hydrogen) atoms. The van der Waals surface area contributed by atoms with E-state index in [1.165, 1.54) is 22.5 Å². The number of fused-ring (bicyclic) bond motifs is 5. The molecule has 2 N–H and O–H groups in total. The average molecular weight is 522 g/mol. The molecule has 1 aromatic carbocycles. The van der Waals surface area contributed by atoms with Crippen LogP contribution in [0.1, 0.15) is 66.1 Å². The number of carbonyl (C=O) groups is 2. The molecule has 10 heteroatoms. The van der Waals surface area contributed by atoms with Crippen molar-refractivity contribution in [1.82, 2.24) is 14.5 Å². The topological polar surface area (TPSA) is 122 Å². The lowest BCUT2D eigenvalue weighted by molar-refractivity contribution is -0.172. The van der Waals surface area contributed by atoms with E-state index >= 15 is 0 Å². The summed E-state index contributed by atoms with van der Waals surface area (Å²) in [6.07, 6.45) is -0.137. The second kappa shape index (κ2) is 8.18. The summed E-state index contributed by atoms with van der Waals surface area (Å²) in [5.41, 5.74) is 2.18. The highest BCUT2D eigenvalue weighted by Crippen LogP contribution is 2.47. The molecule has 0 fully saturated rings. The van der Waals surface area contributed by atoms with Crippen molar-refractivity contribution in [3.8, 4) is 11.4 Å². The van der Waals surface area contributed by atoms with Gasteiger partial charge in [-0.05, 0) is 55.9 Å². The third-order valence-electron chi connectivity index (χ3n) is 8.52. The van der Waals surface area contributed by atoms with Gasteiger partial charge in [0, 0.05) is 29.6 Å². The Labute approximate surface area is 217 Å². The van der Waals surface area contributed by atoms with Crippen LogP contribution in [-0.4, -0.2) is 49.7 Å². The number of pyridine rings is 2. The first kappa shape index (κ1) is 24.7. The molecule has 2 aromatic heterocycles. The summed E-state index contributed by atoms with van der Waals surface area (Å²) < 4.78 is 21.7. The number of ether oxygens (including phenoxy) is 1. The Morgan fingerprint density at radius 1 is 1.32 bits per heavy atom. The van der Waals surface area contributed by atoms with Crippen molar-refractivity contribution in [2.45, 2.75) is 70.9 Å². The van der Waals surface area contributed by atoms with Crippen molar-refractivity contribution < 1.29 is 28.9 Å². The van der Waals surface area contributed by atoms with Crippen molar-refractivity contribution in [2.24, 2.45) is 0 Å². The van der Waals surface area contributed by atoms with Crippen LogP contribution in [0.5, 0.6) is 0 Å². The van der Waals surface area contributed by atoms with E-state index in [9.17, 15) is 29.0 Å². The SMILES string of the molecule is CC[C@@]1(O)C(=O)OCc2c1cc1n(c2=O)Cc2c-1nc1cc(F)c(C)c3c1c2[C@H](N(C)C(=O)C(C)O)CC3. The number of carbonyl (C=O) groups excluding carboxylic acids is 2. The molecule has 0 radical (unpaired) electrons. The summed E-state index contributed by atoms with van der Waals surface area (Å²) >= 11 is 0. The smallest absolute Gasteiger partial charge is 0.343 e. The largest absolute Gasteiger partial charge is 0.458 e. The van der Waals surface area contributed by atoms with Crippen molar-refractivity contribution in [3.05, 3.63) is 61.7 Å². The first-order chi connectivity index (χ1) is 18.0. The number of esters is 1. The second-order valence-electron chi connectivity index (χ2n) is 10.5. The number of halogens is 1. The summed E-state index contributed by atoms with van der Waals surface area (Å²) in [5, 5.41) is 21.9. The number of nitrogens with zero attached hydrogens (tertiary/aromatic N) is 3. The lowest BCUT2D eigenvalue weighted by Crippen LogP contribution is -2.44. The highest BCUT2D eigenvalue weighted by atomic mass is 19.1. The number of amides is 1. The van der Waals surface area contributed by atoms with E-state index in [4.69, 9.17) is 9.72 Å². The molecule has 198 valence electrons. The van der Waals surface area contributed by atoms with Crippen LogP contribution in [0.25, 0.3) is 22.3 Å². The first-order valence-corrected chi connectivity index (χ1v) is 12.8. The van der Waals surface area contributed by atoms with Gasteiger partial charge in [0.25, 0.3) is 11.5 Å². The van der Waals surface area contributed by atoms with Gasteiger partial charge in [-0.3, -0.25) is 9.59 Å². The van der Waals surface area contributed by atoms with Gasteiger partial charge >= 0.3 is 5.97 Å². The lowest BCUT2D eigenvalue weighted by atomic mass is 9.81. The van der Waals surface area contributed by atoms with Gasteiger partial charge in [-0.15, -0.1) is 0 Å². The van der Waals surface area contributed by atoms with Gasteiger partial charge in [0.05, 0.1) is 35.1 Å². The number of rotatable bonds is 3. The minimum Gasteiger partial charge on any atom is -0.458 e. The number of aromatic nitrogens is 2. The molecular formula is C28H28FN3O6. The number of likely N-dealkylation sites (N-methyl/N-ethyl adjacent to an activating group) is 1. The number of aryl methyl sites for hydroxylation is 1. The number of cyclic esters (lactones) is 1. The molecule has 1 aliphatic carbocycles. The Bertz CT molecular complexity index is 1640. The Kier molecular flexibility index (Phi) is 5.32. The van der Waals surface area contributed by atoms with E-state index < -0.39 is 35.2 Å². The quantitative estimate of drug-likeness (QED) is 0.397. The van der Waals surface area contributed by atoms with E-state index in [2.05, 4.69) is 0 Å². The number of hydrogen-bond acceptors (Lipinski definition) is 7. The van der Waals surface area contributed by atoms with Gasteiger partial charge in [-0.25, -0.2) is 14.2 Å². The molecule has 2 aliphatic heterocycles. The summed E-state index contributed by atoms with van der Waals surface area (Å²) in [6.45, 7) is 4.70. The van der Waals surface area contributed by atoms with Crippen LogP contribution in [0.2, 0.25) is 0 Å². The monoisotopic (exact) mass is 521 g/mol. The molecule has 0 saturated carbocycles. The van der Waals surface area contributed by atoms with Crippen LogP contribution in [0.15, 0.2) is 16.9 Å². The van der Waals surface area contributed by atoms with E-state index in [1.807, 2.05) is 0 Å². The molecule has 0 saturated heterocycles. The summed E-state index contributed by atoms with van der Waals surface area (Å²) in [6, 6.07) is 2.56. The van der Waals surface area contributed by atoms with Crippen molar-refractivity contribution in [1.29, 1.82) is 0 Å². The fourth-order valence-corrected chi connectivity index (χ4v) is 6.37. The number of aliphatic hydroxyl groups excluding tert-OH is 1. The van der Waals surface area contributed by atoms with Gasteiger partial charge in [-0.2, -0.15) is 0 Å². The minimum atomic E-state index is -1.96. The fraction of sp³-hybridized carbons (Fsp3) is 0.429. The zero-order chi connectivity index (χ0) is 27.3. The molecule has 1 amide bonds. The Hall–Kier alpha value is -3.63. The third kappa shape index (κ3) is 3.10. The maximum atomic E-state index is 15.0. The van der Waals surface area contributed by atoms with E-state index in [0.29, 0.717) is 35.3 Å². The summed E-state index contributed by atoms with van der Waals surface area (Å²) in [7, 11) is 1.64. The molecule has 0 spiro atoms. The van der Waals surface area contributed by atoms with Gasteiger partial charge in [0.1, 0.15) is 18.5 Å². The molecule has 4 heterocycles. The summed E-state index contributed by atoms with van der Waals surface area (Å²) in [4.78, 5) is 45.3. The normalized spacial score (nSPS) is 22.0. The van der Waals surface area contributed by atoms with Crippen LogP contribution in [0.3, 0.4) is 0 Å². The van der Waals surface area contributed by atoms with Crippen LogP contribution in [0, 0.1) is 12.7 Å².